The lowest BCUT2D eigenvalue weighted by Gasteiger charge is -2.32. The maximum absolute atomic E-state index is 13.9. The van der Waals surface area contributed by atoms with Crippen LogP contribution in [0.15, 0.2) is 53.6 Å². The minimum absolute atomic E-state index is 0.111. The molecule has 1 aliphatic heterocycles. The van der Waals surface area contributed by atoms with Crippen LogP contribution < -0.4 is 4.74 Å². The minimum atomic E-state index is -5.21. The Balaban J connectivity index is 2.08. The van der Waals surface area contributed by atoms with Gasteiger partial charge in [0.05, 0.1) is 24.8 Å². The minimum Gasteiger partial charge on any atom is -0.497 e. The van der Waals surface area contributed by atoms with Crippen LogP contribution in [0.1, 0.15) is 22.3 Å². The monoisotopic (exact) mass is 382 g/mol. The SMILES string of the molecule is COc1cccc(C2=NN(C(=O)c3ccccc3F)C(O)(C(F)(F)F)C2)c1. The second kappa shape index (κ2) is 6.66. The third kappa shape index (κ3) is 3.25. The lowest BCUT2D eigenvalue weighted by Crippen LogP contribution is -2.56. The molecule has 1 unspecified atom stereocenters. The van der Waals surface area contributed by atoms with Crippen LogP contribution in [-0.4, -0.2) is 40.7 Å². The van der Waals surface area contributed by atoms with Gasteiger partial charge in [0.15, 0.2) is 0 Å². The molecular formula is C18H14F4N2O3. The largest absolute Gasteiger partial charge is 0.497 e. The molecule has 1 N–H and O–H groups in total. The van der Waals surface area contributed by atoms with Crippen LogP contribution in [0.4, 0.5) is 17.6 Å². The molecule has 27 heavy (non-hydrogen) atoms. The number of hydrogen-bond donors (Lipinski definition) is 1. The first-order valence-corrected chi connectivity index (χ1v) is 7.77. The predicted octanol–water partition coefficient (Wildman–Crippen LogP) is 3.34. The van der Waals surface area contributed by atoms with E-state index in [1.54, 1.807) is 6.07 Å². The van der Waals surface area contributed by atoms with E-state index >= 15 is 0 Å². The normalized spacial score (nSPS) is 19.8. The zero-order chi connectivity index (χ0) is 19.8. The number of carbonyl (C=O) groups is 1. The number of alkyl halides is 3. The zero-order valence-corrected chi connectivity index (χ0v) is 14.0. The Labute approximate surface area is 151 Å². The standard InChI is InChI=1S/C18H14F4N2O3/c1-27-12-6-4-5-11(9-12)15-10-17(26,18(20,21)22)24(23-15)16(25)13-7-2-3-8-14(13)19/h2-9,26H,10H2,1H3. The number of methoxy groups -OCH3 is 1. The molecule has 0 aliphatic carbocycles. The van der Waals surface area contributed by atoms with Gasteiger partial charge in [0, 0.05) is 5.56 Å². The number of rotatable bonds is 3. The summed E-state index contributed by atoms with van der Waals surface area (Å²) in [6.45, 7) is 0. The lowest BCUT2D eigenvalue weighted by atomic mass is 10.0. The molecular weight excluding hydrogens is 368 g/mol. The van der Waals surface area contributed by atoms with Gasteiger partial charge < -0.3 is 9.84 Å². The average molecular weight is 382 g/mol. The number of hydrogen-bond acceptors (Lipinski definition) is 4. The number of ether oxygens (including phenoxy) is 1. The third-order valence-electron chi connectivity index (χ3n) is 4.14. The van der Waals surface area contributed by atoms with Crippen LogP contribution >= 0.6 is 0 Å². The van der Waals surface area contributed by atoms with Crippen LogP contribution in [0.2, 0.25) is 0 Å². The van der Waals surface area contributed by atoms with Crippen molar-refractivity contribution in [2.45, 2.75) is 18.3 Å². The van der Waals surface area contributed by atoms with Crippen LogP contribution in [0.25, 0.3) is 0 Å². The Kier molecular flexibility index (Phi) is 4.64. The van der Waals surface area contributed by atoms with Gasteiger partial charge in [-0.15, -0.1) is 0 Å². The van der Waals surface area contributed by atoms with Gasteiger partial charge in [-0.3, -0.25) is 4.79 Å². The first-order chi connectivity index (χ1) is 12.7. The molecule has 0 aromatic heterocycles. The summed E-state index contributed by atoms with van der Waals surface area (Å²) in [5.41, 5.74) is -4.17. The molecule has 1 heterocycles. The van der Waals surface area contributed by atoms with Crippen LogP contribution in [0, 0.1) is 5.82 Å². The van der Waals surface area contributed by atoms with Gasteiger partial charge >= 0.3 is 6.18 Å². The number of hydrazone groups is 1. The Bertz CT molecular complexity index is 913. The van der Waals surface area contributed by atoms with Gasteiger partial charge in [0.2, 0.25) is 0 Å². The Morgan fingerprint density at radius 3 is 2.56 bits per heavy atom. The van der Waals surface area contributed by atoms with E-state index in [-0.39, 0.29) is 16.3 Å². The zero-order valence-electron chi connectivity index (χ0n) is 14.0. The van der Waals surface area contributed by atoms with Gasteiger partial charge in [-0.25, -0.2) is 4.39 Å². The number of halogens is 4. The fourth-order valence-corrected chi connectivity index (χ4v) is 2.69. The van der Waals surface area contributed by atoms with Crippen molar-refractivity contribution in [2.24, 2.45) is 5.10 Å². The highest BCUT2D eigenvalue weighted by Crippen LogP contribution is 2.42. The van der Waals surface area contributed by atoms with E-state index in [4.69, 9.17) is 4.74 Å². The average Bonchev–Trinajstić information content (AvgIpc) is 3.00. The third-order valence-corrected chi connectivity index (χ3v) is 4.14. The van der Waals surface area contributed by atoms with Crippen molar-refractivity contribution in [3.8, 4) is 5.75 Å². The molecule has 142 valence electrons. The van der Waals surface area contributed by atoms with Crippen molar-refractivity contribution >= 4 is 11.6 Å². The van der Waals surface area contributed by atoms with E-state index < -0.39 is 35.6 Å². The molecule has 1 aliphatic rings. The first kappa shape index (κ1) is 18.8. The smallest absolute Gasteiger partial charge is 0.438 e. The molecule has 0 spiro atoms. The molecule has 5 nitrogen and oxygen atoms in total. The molecule has 0 radical (unpaired) electrons. The van der Waals surface area contributed by atoms with Gasteiger partial charge in [-0.05, 0) is 24.3 Å². The van der Waals surface area contributed by atoms with E-state index in [0.29, 0.717) is 5.75 Å². The maximum atomic E-state index is 13.9. The first-order valence-electron chi connectivity index (χ1n) is 7.77. The quantitative estimate of drug-likeness (QED) is 0.829. The highest BCUT2D eigenvalue weighted by atomic mass is 19.4. The summed E-state index contributed by atoms with van der Waals surface area (Å²) >= 11 is 0. The van der Waals surface area contributed by atoms with E-state index in [9.17, 15) is 27.5 Å². The number of amides is 1. The van der Waals surface area contributed by atoms with E-state index in [0.717, 1.165) is 12.1 Å². The van der Waals surface area contributed by atoms with Crippen molar-refractivity contribution < 1.29 is 32.2 Å². The van der Waals surface area contributed by atoms with Crippen LogP contribution in [0.5, 0.6) is 5.75 Å². The van der Waals surface area contributed by atoms with E-state index in [1.165, 1.54) is 37.4 Å². The van der Waals surface area contributed by atoms with Gasteiger partial charge in [-0.2, -0.15) is 23.3 Å². The molecule has 0 fully saturated rings. The predicted molar refractivity (Wildman–Crippen MR) is 87.7 cm³/mol. The Morgan fingerprint density at radius 2 is 1.93 bits per heavy atom. The Morgan fingerprint density at radius 1 is 1.22 bits per heavy atom. The summed E-state index contributed by atoms with van der Waals surface area (Å²) in [6.07, 6.45) is -6.21. The summed E-state index contributed by atoms with van der Waals surface area (Å²) in [5.74, 6) is -2.05. The fraction of sp³-hybridized carbons (Fsp3) is 0.222. The molecule has 9 heteroatoms. The molecule has 2 aromatic carbocycles. The van der Waals surface area contributed by atoms with Crippen molar-refractivity contribution in [3.63, 3.8) is 0 Å². The highest BCUT2D eigenvalue weighted by molar-refractivity contribution is 6.05. The van der Waals surface area contributed by atoms with Crippen LogP contribution in [0.3, 0.4) is 0 Å². The molecule has 1 atom stereocenters. The number of nitrogens with zero attached hydrogens (tertiary/aromatic N) is 2. The summed E-state index contributed by atoms with van der Waals surface area (Å²) in [6, 6.07) is 10.5. The molecule has 0 saturated heterocycles. The van der Waals surface area contributed by atoms with E-state index in [2.05, 4.69) is 5.10 Å². The molecule has 0 saturated carbocycles. The Hall–Kier alpha value is -2.94. The van der Waals surface area contributed by atoms with Gasteiger partial charge in [-0.1, -0.05) is 24.3 Å². The van der Waals surface area contributed by atoms with Gasteiger partial charge in [0.25, 0.3) is 11.6 Å². The summed E-state index contributed by atoms with van der Waals surface area (Å²) in [7, 11) is 1.38. The van der Waals surface area contributed by atoms with E-state index in [1.807, 2.05) is 0 Å². The van der Waals surface area contributed by atoms with Crippen LogP contribution in [-0.2, 0) is 0 Å². The molecule has 3 rings (SSSR count). The van der Waals surface area contributed by atoms with Gasteiger partial charge in [0.1, 0.15) is 11.6 Å². The highest BCUT2D eigenvalue weighted by Gasteiger charge is 2.63. The fourth-order valence-electron chi connectivity index (χ4n) is 2.69. The molecule has 0 bridgehead atoms. The summed E-state index contributed by atoms with van der Waals surface area (Å²) in [4.78, 5) is 12.5. The molecule has 2 aromatic rings. The van der Waals surface area contributed by atoms with Crippen molar-refractivity contribution in [2.75, 3.05) is 7.11 Å². The van der Waals surface area contributed by atoms with Crippen molar-refractivity contribution in [3.05, 3.63) is 65.5 Å². The number of aliphatic hydroxyl groups is 1. The summed E-state index contributed by atoms with van der Waals surface area (Å²) in [5, 5.41) is 13.8. The van der Waals surface area contributed by atoms with Crippen molar-refractivity contribution in [1.82, 2.24) is 5.01 Å². The second-order valence-electron chi connectivity index (χ2n) is 5.87. The summed E-state index contributed by atoms with van der Waals surface area (Å²) < 4.78 is 59.6. The maximum Gasteiger partial charge on any atom is 0.438 e. The van der Waals surface area contributed by atoms with Crippen molar-refractivity contribution in [1.29, 1.82) is 0 Å². The second-order valence-corrected chi connectivity index (χ2v) is 5.87. The topological polar surface area (TPSA) is 62.1 Å². The number of carbonyl (C=O) groups excluding carboxylic acids is 1. The molecule has 1 amide bonds. The lowest BCUT2D eigenvalue weighted by molar-refractivity contribution is -0.297. The number of benzene rings is 2.